The van der Waals surface area contributed by atoms with E-state index >= 15 is 0 Å². The number of benzene rings is 1. The normalized spacial score (nSPS) is 11.5. The highest BCUT2D eigenvalue weighted by molar-refractivity contribution is 7.90. The molecule has 2 aromatic heterocycles. The van der Waals surface area contributed by atoms with Gasteiger partial charge in [0.15, 0.2) is 5.75 Å². The molecule has 25 heavy (non-hydrogen) atoms. The van der Waals surface area contributed by atoms with Crippen LogP contribution in [0.5, 0.6) is 29.3 Å². The largest absolute Gasteiger partial charge is 0.503 e. The Labute approximate surface area is 142 Å². The zero-order valence-electron chi connectivity index (χ0n) is 13.5. The Hall–Kier alpha value is -3.01. The first-order valence-corrected chi connectivity index (χ1v) is 8.82. The Morgan fingerprint density at radius 2 is 1.76 bits per heavy atom. The van der Waals surface area contributed by atoms with Crippen LogP contribution < -0.4 is 14.2 Å². The molecular weight excluding hydrogens is 352 g/mol. The van der Waals surface area contributed by atoms with E-state index < -0.39 is 20.7 Å². The van der Waals surface area contributed by atoms with Crippen molar-refractivity contribution < 1.29 is 32.2 Å². The second-order valence-corrected chi connectivity index (χ2v) is 6.89. The van der Waals surface area contributed by atoms with Gasteiger partial charge >= 0.3 is 6.01 Å². The molecule has 0 atom stereocenters. The van der Waals surface area contributed by atoms with Crippen LogP contribution in [0.15, 0.2) is 33.8 Å². The van der Waals surface area contributed by atoms with Crippen LogP contribution in [0.3, 0.4) is 0 Å². The highest BCUT2D eigenvalue weighted by Gasteiger charge is 2.25. The van der Waals surface area contributed by atoms with Crippen molar-refractivity contribution in [3.05, 3.63) is 24.3 Å². The molecule has 0 aliphatic heterocycles. The number of hydrogen-bond acceptors (Lipinski definition) is 9. The zero-order chi connectivity index (χ0) is 18.2. The number of sulfone groups is 1. The summed E-state index contributed by atoms with van der Waals surface area (Å²) in [7, 11) is -0.903. The highest BCUT2D eigenvalue weighted by Crippen LogP contribution is 2.41. The first-order valence-electron chi connectivity index (χ1n) is 6.93. The van der Waals surface area contributed by atoms with Gasteiger partial charge in [-0.25, -0.2) is 8.42 Å². The lowest BCUT2D eigenvalue weighted by Crippen LogP contribution is -1.98. The Morgan fingerprint density at radius 1 is 1.12 bits per heavy atom. The van der Waals surface area contributed by atoms with Gasteiger partial charge in [-0.15, -0.1) is 0 Å². The molecule has 1 N–H and O–H groups in total. The quantitative estimate of drug-likeness (QED) is 0.723. The number of aromatic hydroxyl groups is 1. The third kappa shape index (κ3) is 3.15. The van der Waals surface area contributed by atoms with Gasteiger partial charge in [-0.3, -0.25) is 0 Å². The standard InChI is InChI=1S/C15H14N2O7S/c1-21-10-7-11(22-2)17-15(16-10)24-9-6-4-5-8-12(9)13(18)14(23-8)25(3,19)20/h4-7,18H,1-3H3. The predicted molar refractivity (Wildman–Crippen MR) is 86.2 cm³/mol. The van der Waals surface area contributed by atoms with Crippen molar-refractivity contribution in [2.45, 2.75) is 5.09 Å². The van der Waals surface area contributed by atoms with E-state index in [0.717, 1.165) is 6.26 Å². The molecule has 1 aromatic carbocycles. The van der Waals surface area contributed by atoms with Gasteiger partial charge in [0.1, 0.15) is 16.7 Å². The topological polar surface area (TPSA) is 121 Å². The van der Waals surface area contributed by atoms with E-state index in [9.17, 15) is 13.5 Å². The lowest BCUT2D eigenvalue weighted by Gasteiger charge is -2.08. The first-order chi connectivity index (χ1) is 11.8. The summed E-state index contributed by atoms with van der Waals surface area (Å²) in [5.74, 6) is -0.00329. The molecule has 0 aliphatic rings. The number of nitrogens with zero attached hydrogens (tertiary/aromatic N) is 2. The van der Waals surface area contributed by atoms with Gasteiger partial charge in [-0.05, 0) is 12.1 Å². The van der Waals surface area contributed by atoms with Crippen LogP contribution in [0.2, 0.25) is 0 Å². The monoisotopic (exact) mass is 366 g/mol. The smallest absolute Gasteiger partial charge is 0.328 e. The van der Waals surface area contributed by atoms with Gasteiger partial charge in [0.25, 0.3) is 5.09 Å². The van der Waals surface area contributed by atoms with Crippen molar-refractivity contribution >= 4 is 20.8 Å². The Bertz CT molecular complexity index is 1020. The van der Waals surface area contributed by atoms with E-state index in [1.54, 1.807) is 6.07 Å². The van der Waals surface area contributed by atoms with Gasteiger partial charge in [0.2, 0.25) is 21.6 Å². The maximum atomic E-state index is 11.7. The molecule has 3 aromatic rings. The lowest BCUT2D eigenvalue weighted by molar-refractivity contribution is 0.348. The summed E-state index contributed by atoms with van der Waals surface area (Å²) in [5, 5.41) is 9.79. The van der Waals surface area contributed by atoms with E-state index in [-0.39, 0.29) is 34.5 Å². The second kappa shape index (κ2) is 6.13. The molecule has 0 radical (unpaired) electrons. The van der Waals surface area contributed by atoms with Crippen molar-refractivity contribution in [1.82, 2.24) is 9.97 Å². The molecule has 9 nitrogen and oxygen atoms in total. The fourth-order valence-corrected chi connectivity index (χ4v) is 2.85. The Morgan fingerprint density at radius 3 is 2.32 bits per heavy atom. The Balaban J connectivity index is 2.13. The molecule has 0 saturated heterocycles. The van der Waals surface area contributed by atoms with Gasteiger partial charge in [-0.2, -0.15) is 9.97 Å². The van der Waals surface area contributed by atoms with E-state index in [0.29, 0.717) is 0 Å². The molecule has 0 saturated carbocycles. The molecule has 0 amide bonds. The second-order valence-electron chi connectivity index (χ2n) is 4.98. The molecule has 132 valence electrons. The van der Waals surface area contributed by atoms with E-state index in [1.807, 2.05) is 0 Å². The van der Waals surface area contributed by atoms with Crippen LogP contribution in [0, 0.1) is 0 Å². The lowest BCUT2D eigenvalue weighted by atomic mass is 10.2. The van der Waals surface area contributed by atoms with E-state index in [1.165, 1.54) is 32.4 Å². The van der Waals surface area contributed by atoms with E-state index in [2.05, 4.69) is 9.97 Å². The summed E-state index contributed by atoms with van der Waals surface area (Å²) in [6.45, 7) is 0. The predicted octanol–water partition coefficient (Wildman–Crippen LogP) is 2.14. The number of rotatable bonds is 5. The zero-order valence-corrected chi connectivity index (χ0v) is 14.3. The molecule has 0 unspecified atom stereocenters. The number of hydrogen-bond donors (Lipinski definition) is 1. The van der Waals surface area contributed by atoms with Crippen molar-refractivity contribution in [3.8, 4) is 29.3 Å². The van der Waals surface area contributed by atoms with Crippen molar-refractivity contribution in [1.29, 1.82) is 0 Å². The average molecular weight is 366 g/mol. The maximum Gasteiger partial charge on any atom is 0.328 e. The molecular formula is C15H14N2O7S. The minimum Gasteiger partial charge on any atom is -0.503 e. The third-order valence-corrected chi connectivity index (χ3v) is 4.19. The fourth-order valence-electron chi connectivity index (χ4n) is 2.15. The SMILES string of the molecule is COc1cc(OC)nc(Oc2cccc3oc(S(C)(=O)=O)c(O)c23)n1. The third-order valence-electron chi connectivity index (χ3n) is 3.24. The molecule has 0 bridgehead atoms. The summed E-state index contributed by atoms with van der Waals surface area (Å²) in [4.78, 5) is 8.04. The van der Waals surface area contributed by atoms with Crippen molar-refractivity contribution in [2.75, 3.05) is 20.5 Å². The van der Waals surface area contributed by atoms with Crippen LogP contribution in [-0.4, -0.2) is 44.0 Å². The number of furan rings is 1. The molecule has 0 aliphatic carbocycles. The molecule has 3 rings (SSSR count). The summed E-state index contributed by atoms with van der Waals surface area (Å²) in [5.41, 5.74) is 0.144. The molecule has 2 heterocycles. The van der Waals surface area contributed by atoms with Crippen LogP contribution in [0.25, 0.3) is 11.0 Å². The van der Waals surface area contributed by atoms with Crippen LogP contribution in [-0.2, 0) is 9.84 Å². The molecule has 10 heteroatoms. The minimum atomic E-state index is -3.75. The average Bonchev–Trinajstić information content (AvgIpc) is 2.92. The van der Waals surface area contributed by atoms with Crippen molar-refractivity contribution in [3.63, 3.8) is 0 Å². The van der Waals surface area contributed by atoms with Crippen LogP contribution in [0.4, 0.5) is 0 Å². The summed E-state index contributed by atoms with van der Waals surface area (Å²) >= 11 is 0. The maximum absolute atomic E-state index is 11.7. The number of ether oxygens (including phenoxy) is 3. The summed E-state index contributed by atoms with van der Waals surface area (Å²) in [6, 6.07) is 5.95. The first kappa shape index (κ1) is 16.8. The number of methoxy groups -OCH3 is 2. The van der Waals surface area contributed by atoms with Crippen molar-refractivity contribution in [2.24, 2.45) is 0 Å². The highest BCUT2D eigenvalue weighted by atomic mass is 32.2. The van der Waals surface area contributed by atoms with Gasteiger partial charge in [-0.1, -0.05) is 6.07 Å². The molecule has 0 fully saturated rings. The van der Waals surface area contributed by atoms with E-state index in [4.69, 9.17) is 18.6 Å². The minimum absolute atomic E-state index is 0.0910. The van der Waals surface area contributed by atoms with Crippen LogP contribution in [0.1, 0.15) is 0 Å². The fraction of sp³-hybridized carbons (Fsp3) is 0.200. The number of aromatic nitrogens is 2. The van der Waals surface area contributed by atoms with Gasteiger partial charge in [0.05, 0.1) is 20.3 Å². The van der Waals surface area contributed by atoms with Gasteiger partial charge in [0, 0.05) is 6.26 Å². The van der Waals surface area contributed by atoms with Gasteiger partial charge < -0.3 is 23.7 Å². The molecule has 0 spiro atoms. The number of fused-ring (bicyclic) bond motifs is 1. The Kier molecular flexibility index (Phi) is 4.13. The summed E-state index contributed by atoms with van der Waals surface area (Å²) in [6.07, 6.45) is 0.932. The summed E-state index contributed by atoms with van der Waals surface area (Å²) < 4.78 is 44.3. The van der Waals surface area contributed by atoms with Crippen LogP contribution >= 0.6 is 0 Å².